The summed E-state index contributed by atoms with van der Waals surface area (Å²) in [7, 11) is 3.84. The van der Waals surface area contributed by atoms with Crippen molar-refractivity contribution in [3.05, 3.63) is 35.5 Å². The molecule has 0 amide bonds. The van der Waals surface area contributed by atoms with Gasteiger partial charge in [-0.05, 0) is 52.2 Å². The van der Waals surface area contributed by atoms with Gasteiger partial charge in [0.1, 0.15) is 5.69 Å². The van der Waals surface area contributed by atoms with Crippen LogP contribution in [0.3, 0.4) is 0 Å². The number of nitrogens with zero attached hydrogens (tertiary/aromatic N) is 2. The van der Waals surface area contributed by atoms with E-state index >= 15 is 0 Å². The molecule has 0 aliphatic heterocycles. The quantitative estimate of drug-likeness (QED) is 0.749. The highest BCUT2D eigenvalue weighted by molar-refractivity contribution is 5.97. The Balaban J connectivity index is 2.54. The van der Waals surface area contributed by atoms with E-state index in [2.05, 4.69) is 0 Å². The number of alkyl halides is 3. The van der Waals surface area contributed by atoms with E-state index < -0.39 is 17.7 Å². The summed E-state index contributed by atoms with van der Waals surface area (Å²) in [5.74, 6) is -0.605. The number of halogens is 3. The van der Waals surface area contributed by atoms with Gasteiger partial charge in [0.25, 0.3) is 0 Å². The van der Waals surface area contributed by atoms with Crippen LogP contribution in [0.15, 0.2) is 24.3 Å². The van der Waals surface area contributed by atoms with E-state index in [1.807, 2.05) is 19.0 Å². The van der Waals surface area contributed by atoms with Crippen LogP contribution in [0.2, 0.25) is 0 Å². The van der Waals surface area contributed by atoms with Crippen molar-refractivity contribution in [2.75, 3.05) is 27.2 Å². The Morgan fingerprint density at radius 3 is 2.58 bits per heavy atom. The molecule has 0 unspecified atom stereocenters. The number of carbonyl (C=O) groups is 1. The molecule has 132 valence electrons. The maximum atomic E-state index is 13.2. The van der Waals surface area contributed by atoms with Crippen molar-refractivity contribution >= 4 is 16.9 Å². The maximum Gasteiger partial charge on any atom is 0.417 e. The normalized spacial score (nSPS) is 12.1. The van der Waals surface area contributed by atoms with Gasteiger partial charge >= 0.3 is 12.1 Å². The lowest BCUT2D eigenvalue weighted by Crippen LogP contribution is -2.17. The number of ether oxygens (including phenoxy) is 1. The minimum absolute atomic E-state index is 0.0258. The predicted molar refractivity (Wildman–Crippen MR) is 86.1 cm³/mol. The van der Waals surface area contributed by atoms with Gasteiger partial charge in [0.05, 0.1) is 12.2 Å². The molecule has 0 aliphatic carbocycles. The van der Waals surface area contributed by atoms with E-state index in [1.165, 1.54) is 12.1 Å². The Bertz CT molecular complexity index is 720. The fourth-order valence-electron chi connectivity index (χ4n) is 2.69. The number of esters is 1. The predicted octanol–water partition coefficient (Wildman–Crippen LogP) is 3.79. The number of hydrogen-bond acceptors (Lipinski definition) is 3. The Hall–Kier alpha value is -2.02. The topological polar surface area (TPSA) is 34.5 Å². The van der Waals surface area contributed by atoms with Crippen LogP contribution in [-0.2, 0) is 17.5 Å². The third-order valence-electron chi connectivity index (χ3n) is 3.72. The molecule has 1 aromatic heterocycles. The molecule has 0 radical (unpaired) electrons. The van der Waals surface area contributed by atoms with Gasteiger partial charge in [0.2, 0.25) is 0 Å². The van der Waals surface area contributed by atoms with Gasteiger partial charge in [-0.3, -0.25) is 0 Å². The van der Waals surface area contributed by atoms with Crippen LogP contribution in [0.5, 0.6) is 0 Å². The highest BCUT2D eigenvalue weighted by Gasteiger charge is 2.34. The molecule has 0 spiro atoms. The van der Waals surface area contributed by atoms with Crippen LogP contribution >= 0.6 is 0 Å². The van der Waals surface area contributed by atoms with Crippen molar-refractivity contribution in [1.29, 1.82) is 0 Å². The van der Waals surface area contributed by atoms with Crippen LogP contribution in [0.4, 0.5) is 13.2 Å². The first-order chi connectivity index (χ1) is 11.3. The Morgan fingerprint density at radius 1 is 1.29 bits per heavy atom. The van der Waals surface area contributed by atoms with Crippen molar-refractivity contribution < 1.29 is 22.7 Å². The summed E-state index contributed by atoms with van der Waals surface area (Å²) in [6.07, 6.45) is -3.76. The zero-order valence-corrected chi connectivity index (χ0v) is 14.0. The number of aryl methyl sites for hydroxylation is 1. The smallest absolute Gasteiger partial charge is 0.417 e. The summed E-state index contributed by atoms with van der Waals surface area (Å²) >= 11 is 0. The SMILES string of the molecule is CCOC(=O)c1cc2c(C(F)(F)F)cccc2n1CCCN(C)C. The summed E-state index contributed by atoms with van der Waals surface area (Å²) < 4.78 is 46.3. The molecule has 2 rings (SSSR count). The second kappa shape index (κ2) is 7.25. The van der Waals surface area contributed by atoms with Gasteiger partial charge in [-0.1, -0.05) is 6.07 Å². The highest BCUT2D eigenvalue weighted by Crippen LogP contribution is 2.36. The Morgan fingerprint density at radius 2 is 2.00 bits per heavy atom. The molecular formula is C17H21F3N2O2. The average Bonchev–Trinajstić information content (AvgIpc) is 2.85. The van der Waals surface area contributed by atoms with Gasteiger partial charge in [-0.25, -0.2) is 4.79 Å². The number of hydrogen-bond donors (Lipinski definition) is 0. The van der Waals surface area contributed by atoms with Crippen molar-refractivity contribution in [3.63, 3.8) is 0 Å². The molecule has 2 aromatic rings. The van der Waals surface area contributed by atoms with E-state index in [1.54, 1.807) is 17.6 Å². The largest absolute Gasteiger partial charge is 0.461 e. The number of rotatable bonds is 6. The molecule has 0 atom stereocenters. The summed E-state index contributed by atoms with van der Waals surface area (Å²) in [6.45, 7) is 3.04. The van der Waals surface area contributed by atoms with Gasteiger partial charge in [-0.15, -0.1) is 0 Å². The molecule has 1 aromatic carbocycles. The van der Waals surface area contributed by atoms with Crippen molar-refractivity contribution in [2.24, 2.45) is 0 Å². The van der Waals surface area contributed by atoms with E-state index in [9.17, 15) is 18.0 Å². The average molecular weight is 342 g/mol. The van der Waals surface area contributed by atoms with Gasteiger partial charge in [-0.2, -0.15) is 13.2 Å². The monoisotopic (exact) mass is 342 g/mol. The fraction of sp³-hybridized carbons (Fsp3) is 0.471. The fourth-order valence-corrected chi connectivity index (χ4v) is 2.69. The number of benzene rings is 1. The number of fused-ring (bicyclic) bond motifs is 1. The third kappa shape index (κ3) is 3.90. The van der Waals surface area contributed by atoms with Crippen LogP contribution in [0.25, 0.3) is 10.9 Å². The lowest BCUT2D eigenvalue weighted by Gasteiger charge is -2.13. The molecule has 0 aliphatic rings. The van der Waals surface area contributed by atoms with Crippen LogP contribution < -0.4 is 0 Å². The molecule has 0 fully saturated rings. The summed E-state index contributed by atoms with van der Waals surface area (Å²) in [6, 6.07) is 5.28. The van der Waals surface area contributed by atoms with E-state index in [0.717, 1.165) is 12.6 Å². The Kier molecular flexibility index (Phi) is 5.54. The summed E-state index contributed by atoms with van der Waals surface area (Å²) in [5, 5.41) is 0.0258. The Labute approximate surface area is 138 Å². The van der Waals surface area contributed by atoms with Crippen molar-refractivity contribution in [1.82, 2.24) is 9.47 Å². The molecule has 0 saturated heterocycles. The minimum Gasteiger partial charge on any atom is -0.461 e. The van der Waals surface area contributed by atoms with Crippen LogP contribution in [-0.4, -0.2) is 42.7 Å². The molecule has 7 heteroatoms. The first-order valence-electron chi connectivity index (χ1n) is 7.77. The molecular weight excluding hydrogens is 321 g/mol. The summed E-state index contributed by atoms with van der Waals surface area (Å²) in [5.41, 5.74) is -0.189. The van der Waals surface area contributed by atoms with E-state index in [4.69, 9.17) is 4.74 Å². The van der Waals surface area contributed by atoms with Crippen molar-refractivity contribution in [2.45, 2.75) is 26.1 Å². The van der Waals surface area contributed by atoms with E-state index in [-0.39, 0.29) is 17.7 Å². The molecule has 24 heavy (non-hydrogen) atoms. The maximum absolute atomic E-state index is 13.2. The minimum atomic E-state index is -4.47. The first-order valence-corrected chi connectivity index (χ1v) is 7.77. The zero-order chi connectivity index (χ0) is 17.9. The molecule has 4 nitrogen and oxygen atoms in total. The summed E-state index contributed by atoms with van der Waals surface area (Å²) in [4.78, 5) is 14.1. The van der Waals surface area contributed by atoms with Gasteiger partial charge < -0.3 is 14.2 Å². The molecule has 0 saturated carbocycles. The van der Waals surface area contributed by atoms with Crippen LogP contribution in [0.1, 0.15) is 29.4 Å². The first kappa shape index (κ1) is 18.3. The molecule has 0 N–H and O–H groups in total. The molecule has 1 heterocycles. The third-order valence-corrected chi connectivity index (χ3v) is 3.72. The van der Waals surface area contributed by atoms with Crippen LogP contribution in [0, 0.1) is 0 Å². The lowest BCUT2D eigenvalue weighted by molar-refractivity contribution is -0.136. The number of aromatic nitrogens is 1. The lowest BCUT2D eigenvalue weighted by atomic mass is 10.1. The highest BCUT2D eigenvalue weighted by atomic mass is 19.4. The zero-order valence-electron chi connectivity index (χ0n) is 14.0. The second-order valence-electron chi connectivity index (χ2n) is 5.79. The van der Waals surface area contributed by atoms with Gasteiger partial charge in [0, 0.05) is 17.4 Å². The van der Waals surface area contributed by atoms with Gasteiger partial charge in [0.15, 0.2) is 0 Å². The molecule has 0 bridgehead atoms. The van der Waals surface area contributed by atoms with Crippen molar-refractivity contribution in [3.8, 4) is 0 Å². The standard InChI is InChI=1S/C17H21F3N2O2/c1-4-24-16(23)15-11-12-13(17(18,19)20)7-5-8-14(12)22(15)10-6-9-21(2)3/h5,7-8,11H,4,6,9-10H2,1-3H3. The van der Waals surface area contributed by atoms with E-state index in [0.29, 0.717) is 18.5 Å². The number of carbonyl (C=O) groups excluding carboxylic acids is 1. The second-order valence-corrected chi connectivity index (χ2v) is 5.79.